The molecular formula is C19H14ClF2N5O3. The van der Waals surface area contributed by atoms with Crippen molar-refractivity contribution in [3.63, 3.8) is 0 Å². The summed E-state index contributed by atoms with van der Waals surface area (Å²) in [5, 5.41) is 10.9. The molecule has 0 aliphatic carbocycles. The molecule has 0 aliphatic rings. The molecule has 0 atom stereocenters. The fourth-order valence-corrected chi connectivity index (χ4v) is 2.68. The minimum absolute atomic E-state index is 0.0181. The van der Waals surface area contributed by atoms with Crippen molar-refractivity contribution in [1.29, 1.82) is 0 Å². The Kier molecular flexibility index (Phi) is 6.07. The van der Waals surface area contributed by atoms with Crippen LogP contribution in [0.4, 0.5) is 14.6 Å². The first kappa shape index (κ1) is 20.9. The van der Waals surface area contributed by atoms with Crippen molar-refractivity contribution in [3.8, 4) is 0 Å². The van der Waals surface area contributed by atoms with Crippen LogP contribution in [0.3, 0.4) is 0 Å². The van der Waals surface area contributed by atoms with E-state index in [1.54, 1.807) is 12.1 Å². The molecule has 2 aromatic carbocycles. The highest BCUT2D eigenvalue weighted by Gasteiger charge is 2.17. The Balaban J connectivity index is 1.61. The lowest BCUT2D eigenvalue weighted by Crippen LogP contribution is -2.23. The predicted octanol–water partition coefficient (Wildman–Crippen LogP) is 2.62. The van der Waals surface area contributed by atoms with Gasteiger partial charge in [0.1, 0.15) is 5.82 Å². The number of primary amides is 1. The molecule has 0 aliphatic heterocycles. The largest absolute Gasteiger partial charge is 0.366 e. The van der Waals surface area contributed by atoms with E-state index in [4.69, 9.17) is 17.3 Å². The third-order valence-electron chi connectivity index (χ3n) is 4.00. The number of anilines is 1. The highest BCUT2D eigenvalue weighted by molar-refractivity contribution is 6.34. The van der Waals surface area contributed by atoms with Gasteiger partial charge >= 0.3 is 0 Å². The molecule has 11 heteroatoms. The fourth-order valence-electron chi connectivity index (χ4n) is 2.45. The zero-order valence-electron chi connectivity index (χ0n) is 15.1. The molecule has 30 heavy (non-hydrogen) atoms. The first-order valence-corrected chi connectivity index (χ1v) is 8.80. The summed E-state index contributed by atoms with van der Waals surface area (Å²) in [4.78, 5) is 35.5. The SMILES string of the molecule is NC(=O)c1ccc(CNC(=O)c2cc(NC(=O)c3cc(F)c(F)cc3Cl)[nH]n2)cc1. The molecule has 3 amide bonds. The standard InChI is InChI=1S/C19H14ClF2N5O3/c20-12-6-14(22)13(21)5-11(12)18(29)25-16-7-15(26-27-16)19(30)24-8-9-1-3-10(4-2-9)17(23)28/h1-7H,8H2,(H2,23,28)(H,24,30)(H2,25,26,27,29). The van der Waals surface area contributed by atoms with Gasteiger partial charge in [0.25, 0.3) is 11.8 Å². The average Bonchev–Trinajstić information content (AvgIpc) is 3.17. The number of hydrogen-bond acceptors (Lipinski definition) is 4. The Morgan fingerprint density at radius 2 is 1.70 bits per heavy atom. The van der Waals surface area contributed by atoms with E-state index < -0.39 is 29.4 Å². The number of aromatic amines is 1. The predicted molar refractivity (Wildman–Crippen MR) is 104 cm³/mol. The highest BCUT2D eigenvalue weighted by Crippen LogP contribution is 2.21. The Hall–Kier alpha value is -3.79. The molecule has 0 spiro atoms. The lowest BCUT2D eigenvalue weighted by atomic mass is 10.1. The van der Waals surface area contributed by atoms with Crippen LogP contribution in [-0.4, -0.2) is 27.9 Å². The van der Waals surface area contributed by atoms with Crippen molar-refractivity contribution < 1.29 is 23.2 Å². The number of amides is 3. The third-order valence-corrected chi connectivity index (χ3v) is 4.32. The summed E-state index contributed by atoms with van der Waals surface area (Å²) in [6.45, 7) is 0.164. The van der Waals surface area contributed by atoms with Crippen LogP contribution in [0.25, 0.3) is 0 Å². The van der Waals surface area contributed by atoms with E-state index in [2.05, 4.69) is 20.8 Å². The number of rotatable bonds is 6. The molecule has 0 radical (unpaired) electrons. The summed E-state index contributed by atoms with van der Waals surface area (Å²) in [5.74, 6) is -4.25. The van der Waals surface area contributed by atoms with Gasteiger partial charge in [-0.25, -0.2) is 8.78 Å². The van der Waals surface area contributed by atoms with Crippen molar-refractivity contribution in [2.75, 3.05) is 5.32 Å². The molecule has 0 bridgehead atoms. The second-order valence-electron chi connectivity index (χ2n) is 6.11. The van der Waals surface area contributed by atoms with Crippen molar-refractivity contribution in [1.82, 2.24) is 15.5 Å². The zero-order chi connectivity index (χ0) is 21.8. The molecule has 0 unspecified atom stereocenters. The number of nitrogens with two attached hydrogens (primary N) is 1. The maximum absolute atomic E-state index is 13.3. The van der Waals surface area contributed by atoms with Crippen LogP contribution in [0.5, 0.6) is 0 Å². The molecule has 3 rings (SSSR count). The van der Waals surface area contributed by atoms with Gasteiger partial charge in [0.15, 0.2) is 17.3 Å². The Morgan fingerprint density at radius 1 is 1.03 bits per heavy atom. The molecule has 3 aromatic rings. The smallest absolute Gasteiger partial charge is 0.272 e. The molecule has 0 saturated carbocycles. The third kappa shape index (κ3) is 4.78. The first-order valence-electron chi connectivity index (χ1n) is 8.43. The maximum Gasteiger partial charge on any atom is 0.272 e. The van der Waals surface area contributed by atoms with Gasteiger partial charge in [-0.2, -0.15) is 5.10 Å². The van der Waals surface area contributed by atoms with E-state index in [0.29, 0.717) is 17.7 Å². The first-order chi connectivity index (χ1) is 14.2. The lowest BCUT2D eigenvalue weighted by molar-refractivity contribution is 0.0943. The fraction of sp³-hybridized carbons (Fsp3) is 0.0526. The van der Waals surface area contributed by atoms with Crippen LogP contribution in [0, 0.1) is 11.6 Å². The molecule has 154 valence electrons. The summed E-state index contributed by atoms with van der Waals surface area (Å²) in [5.41, 5.74) is 5.94. The summed E-state index contributed by atoms with van der Waals surface area (Å²) in [6, 6.07) is 8.97. The van der Waals surface area contributed by atoms with Crippen molar-refractivity contribution in [2.24, 2.45) is 5.73 Å². The van der Waals surface area contributed by atoms with Gasteiger partial charge < -0.3 is 16.4 Å². The number of hydrogen-bond donors (Lipinski definition) is 4. The van der Waals surface area contributed by atoms with Crippen LogP contribution in [0.1, 0.15) is 36.8 Å². The van der Waals surface area contributed by atoms with Gasteiger partial charge in [0.2, 0.25) is 5.91 Å². The topological polar surface area (TPSA) is 130 Å². The van der Waals surface area contributed by atoms with Crippen LogP contribution >= 0.6 is 11.6 Å². The van der Waals surface area contributed by atoms with E-state index in [0.717, 1.165) is 5.56 Å². The van der Waals surface area contributed by atoms with E-state index in [-0.39, 0.29) is 28.6 Å². The Morgan fingerprint density at radius 3 is 2.37 bits per heavy atom. The maximum atomic E-state index is 13.3. The number of halogens is 3. The van der Waals surface area contributed by atoms with Crippen molar-refractivity contribution >= 4 is 35.1 Å². The number of carbonyl (C=O) groups is 3. The molecule has 0 saturated heterocycles. The van der Waals surface area contributed by atoms with Gasteiger partial charge in [0, 0.05) is 18.2 Å². The molecule has 1 heterocycles. The number of nitrogens with zero attached hydrogens (tertiary/aromatic N) is 1. The van der Waals surface area contributed by atoms with Crippen LogP contribution in [0.2, 0.25) is 5.02 Å². The zero-order valence-corrected chi connectivity index (χ0v) is 15.9. The molecule has 5 N–H and O–H groups in total. The molecular weight excluding hydrogens is 420 g/mol. The van der Waals surface area contributed by atoms with Gasteiger partial charge in [0.05, 0.1) is 10.6 Å². The lowest BCUT2D eigenvalue weighted by Gasteiger charge is -2.05. The minimum atomic E-state index is -1.22. The molecule has 1 aromatic heterocycles. The van der Waals surface area contributed by atoms with Crippen LogP contribution in [-0.2, 0) is 6.54 Å². The Labute approximate surface area is 173 Å². The van der Waals surface area contributed by atoms with Crippen molar-refractivity contribution in [2.45, 2.75) is 6.54 Å². The van der Waals surface area contributed by atoms with Gasteiger partial charge in [-0.1, -0.05) is 23.7 Å². The monoisotopic (exact) mass is 433 g/mol. The normalized spacial score (nSPS) is 10.5. The number of carbonyl (C=O) groups excluding carboxylic acids is 3. The summed E-state index contributed by atoms with van der Waals surface area (Å²) in [7, 11) is 0. The average molecular weight is 434 g/mol. The minimum Gasteiger partial charge on any atom is -0.366 e. The van der Waals surface area contributed by atoms with Crippen LogP contribution < -0.4 is 16.4 Å². The number of benzene rings is 2. The quantitative estimate of drug-likeness (QED) is 0.445. The number of aromatic nitrogens is 2. The van der Waals surface area contributed by atoms with Crippen molar-refractivity contribution in [3.05, 3.63) is 81.5 Å². The van der Waals surface area contributed by atoms with Crippen LogP contribution in [0.15, 0.2) is 42.5 Å². The van der Waals surface area contributed by atoms with E-state index in [9.17, 15) is 23.2 Å². The second kappa shape index (κ2) is 8.70. The number of nitrogens with one attached hydrogen (secondary N) is 3. The van der Waals surface area contributed by atoms with E-state index >= 15 is 0 Å². The Bertz CT molecular complexity index is 1130. The van der Waals surface area contributed by atoms with Gasteiger partial charge in [-0.15, -0.1) is 0 Å². The molecule has 0 fully saturated rings. The van der Waals surface area contributed by atoms with Gasteiger partial charge in [-0.05, 0) is 29.8 Å². The summed E-state index contributed by atoms with van der Waals surface area (Å²) >= 11 is 5.76. The van der Waals surface area contributed by atoms with E-state index in [1.165, 1.54) is 18.2 Å². The molecule has 8 nitrogen and oxygen atoms in total. The summed E-state index contributed by atoms with van der Waals surface area (Å²) < 4.78 is 26.5. The highest BCUT2D eigenvalue weighted by atomic mass is 35.5. The van der Waals surface area contributed by atoms with E-state index in [1.807, 2.05) is 0 Å². The summed E-state index contributed by atoms with van der Waals surface area (Å²) in [6.07, 6.45) is 0. The second-order valence-corrected chi connectivity index (χ2v) is 6.52. The number of H-pyrrole nitrogens is 1. The van der Waals surface area contributed by atoms with Gasteiger partial charge in [-0.3, -0.25) is 19.5 Å².